The predicted octanol–water partition coefficient (Wildman–Crippen LogP) is 2.71. The van der Waals surface area contributed by atoms with E-state index < -0.39 is 0 Å². The molecule has 0 aliphatic heterocycles. The molecule has 19 heavy (non-hydrogen) atoms. The molecular formula is C12H13IN4O2. The monoisotopic (exact) mass is 372 g/mol. The van der Waals surface area contributed by atoms with Crippen LogP contribution in [0.15, 0.2) is 24.3 Å². The van der Waals surface area contributed by atoms with Gasteiger partial charge in [0.2, 0.25) is 5.95 Å². The zero-order valence-corrected chi connectivity index (χ0v) is 12.7. The van der Waals surface area contributed by atoms with Crippen LogP contribution >= 0.6 is 22.6 Å². The fraction of sp³-hybridized carbons (Fsp3) is 0.250. The maximum atomic E-state index is 5.60. The number of ether oxygens (including phenoxy) is 2. The standard InChI is InChI=1S/C12H13IN4O2/c1-3-18-11-15-10(14-2)16-12(17-11)19-9-6-4-5-8(13)7-9/h4-7H,3H2,1-2H3,(H,14,15,16,17). The number of hydrogen-bond acceptors (Lipinski definition) is 6. The van der Waals surface area contributed by atoms with E-state index in [4.69, 9.17) is 9.47 Å². The molecule has 0 aliphatic carbocycles. The smallest absolute Gasteiger partial charge is 0.330 e. The molecule has 0 radical (unpaired) electrons. The molecular weight excluding hydrogens is 359 g/mol. The SMILES string of the molecule is CCOc1nc(NC)nc(Oc2cccc(I)c2)n1. The molecule has 7 heteroatoms. The molecule has 2 aromatic rings. The Labute approximate surface area is 124 Å². The Bertz CT molecular complexity index is 565. The molecule has 0 saturated heterocycles. The van der Waals surface area contributed by atoms with Crippen LogP contribution in [0.25, 0.3) is 0 Å². The van der Waals surface area contributed by atoms with Crippen LogP contribution < -0.4 is 14.8 Å². The number of hydrogen-bond donors (Lipinski definition) is 1. The van der Waals surface area contributed by atoms with Gasteiger partial charge in [-0.1, -0.05) is 6.07 Å². The van der Waals surface area contributed by atoms with Crippen molar-refractivity contribution in [3.05, 3.63) is 27.8 Å². The summed E-state index contributed by atoms with van der Waals surface area (Å²) in [5.74, 6) is 1.07. The van der Waals surface area contributed by atoms with Gasteiger partial charge in [0.05, 0.1) is 6.61 Å². The van der Waals surface area contributed by atoms with E-state index in [-0.39, 0.29) is 12.0 Å². The molecule has 100 valence electrons. The van der Waals surface area contributed by atoms with Gasteiger partial charge >= 0.3 is 12.0 Å². The lowest BCUT2D eigenvalue weighted by atomic mass is 10.3. The van der Waals surface area contributed by atoms with Crippen molar-refractivity contribution in [1.82, 2.24) is 15.0 Å². The van der Waals surface area contributed by atoms with Crippen LogP contribution in [0, 0.1) is 3.57 Å². The van der Waals surface area contributed by atoms with Crippen molar-refractivity contribution < 1.29 is 9.47 Å². The number of halogens is 1. The number of benzene rings is 1. The van der Waals surface area contributed by atoms with Crippen molar-refractivity contribution in [3.63, 3.8) is 0 Å². The van der Waals surface area contributed by atoms with Gasteiger partial charge in [0.15, 0.2) is 0 Å². The highest BCUT2D eigenvalue weighted by Gasteiger charge is 2.08. The van der Waals surface area contributed by atoms with Gasteiger partial charge in [0.1, 0.15) is 5.75 Å². The van der Waals surface area contributed by atoms with E-state index in [9.17, 15) is 0 Å². The van der Waals surface area contributed by atoms with Crippen LogP contribution in [0.1, 0.15) is 6.92 Å². The zero-order chi connectivity index (χ0) is 13.7. The first-order valence-corrected chi connectivity index (χ1v) is 6.79. The third-order valence-electron chi connectivity index (χ3n) is 2.10. The van der Waals surface area contributed by atoms with Crippen LogP contribution in [0.4, 0.5) is 5.95 Å². The lowest BCUT2D eigenvalue weighted by Crippen LogP contribution is -2.05. The Balaban J connectivity index is 2.26. The maximum Gasteiger partial charge on any atom is 0.330 e. The highest BCUT2D eigenvalue weighted by Crippen LogP contribution is 2.22. The van der Waals surface area contributed by atoms with Gasteiger partial charge in [-0.05, 0) is 47.7 Å². The molecule has 0 saturated carbocycles. The largest absolute Gasteiger partial charge is 0.464 e. The first-order valence-electron chi connectivity index (χ1n) is 5.71. The van der Waals surface area contributed by atoms with Crippen molar-refractivity contribution in [3.8, 4) is 17.8 Å². The van der Waals surface area contributed by atoms with Crippen LogP contribution in [0.3, 0.4) is 0 Å². The van der Waals surface area contributed by atoms with Crippen molar-refractivity contribution in [1.29, 1.82) is 0 Å². The van der Waals surface area contributed by atoms with Crippen molar-refractivity contribution >= 4 is 28.5 Å². The average molecular weight is 372 g/mol. The summed E-state index contributed by atoms with van der Waals surface area (Å²) >= 11 is 2.21. The van der Waals surface area contributed by atoms with E-state index in [1.54, 1.807) is 7.05 Å². The maximum absolute atomic E-state index is 5.60. The third-order valence-corrected chi connectivity index (χ3v) is 2.77. The molecule has 1 N–H and O–H groups in total. The second kappa shape index (κ2) is 6.50. The molecule has 1 heterocycles. The number of nitrogens with zero attached hydrogens (tertiary/aromatic N) is 3. The summed E-state index contributed by atoms with van der Waals surface area (Å²) in [5.41, 5.74) is 0. The molecule has 1 aromatic heterocycles. The normalized spacial score (nSPS) is 10.1. The van der Waals surface area contributed by atoms with Gasteiger partial charge in [-0.25, -0.2) is 0 Å². The Hall–Kier alpha value is -1.64. The Morgan fingerprint density at radius 2 is 2.00 bits per heavy atom. The molecule has 0 unspecified atom stereocenters. The molecule has 0 aliphatic rings. The van der Waals surface area contributed by atoms with E-state index in [1.807, 2.05) is 31.2 Å². The molecule has 0 spiro atoms. The molecule has 0 fully saturated rings. The Morgan fingerprint density at radius 3 is 2.68 bits per heavy atom. The molecule has 1 aromatic carbocycles. The van der Waals surface area contributed by atoms with Gasteiger partial charge in [0.25, 0.3) is 0 Å². The summed E-state index contributed by atoms with van der Waals surface area (Å²) in [6.45, 7) is 2.35. The minimum absolute atomic E-state index is 0.199. The number of nitrogens with one attached hydrogen (secondary N) is 1. The quantitative estimate of drug-likeness (QED) is 0.815. The van der Waals surface area contributed by atoms with E-state index in [0.717, 1.165) is 3.57 Å². The van der Waals surface area contributed by atoms with E-state index in [2.05, 4.69) is 42.9 Å². The number of rotatable bonds is 5. The average Bonchev–Trinajstić information content (AvgIpc) is 2.39. The van der Waals surface area contributed by atoms with Crippen LogP contribution in [-0.4, -0.2) is 28.6 Å². The van der Waals surface area contributed by atoms with E-state index in [0.29, 0.717) is 18.3 Å². The van der Waals surface area contributed by atoms with E-state index in [1.165, 1.54) is 0 Å². The first kappa shape index (κ1) is 13.8. The fourth-order valence-electron chi connectivity index (χ4n) is 1.33. The predicted molar refractivity (Wildman–Crippen MR) is 79.8 cm³/mol. The Kier molecular flexibility index (Phi) is 4.72. The lowest BCUT2D eigenvalue weighted by Gasteiger charge is -2.07. The summed E-state index contributed by atoms with van der Waals surface area (Å²) in [5, 5.41) is 2.84. The van der Waals surface area contributed by atoms with Crippen LogP contribution in [-0.2, 0) is 0 Å². The number of aromatic nitrogens is 3. The minimum atomic E-state index is 0.199. The highest BCUT2D eigenvalue weighted by molar-refractivity contribution is 14.1. The molecule has 0 bridgehead atoms. The molecule has 6 nitrogen and oxygen atoms in total. The summed E-state index contributed by atoms with van der Waals surface area (Å²) in [4.78, 5) is 12.3. The highest BCUT2D eigenvalue weighted by atomic mass is 127. The van der Waals surface area contributed by atoms with E-state index >= 15 is 0 Å². The number of anilines is 1. The van der Waals surface area contributed by atoms with Crippen LogP contribution in [0.5, 0.6) is 17.8 Å². The zero-order valence-electron chi connectivity index (χ0n) is 10.6. The fourth-order valence-corrected chi connectivity index (χ4v) is 1.84. The minimum Gasteiger partial charge on any atom is -0.464 e. The third kappa shape index (κ3) is 3.91. The summed E-state index contributed by atoms with van der Waals surface area (Å²) in [7, 11) is 1.72. The summed E-state index contributed by atoms with van der Waals surface area (Å²) in [6.07, 6.45) is 0. The summed E-state index contributed by atoms with van der Waals surface area (Å²) in [6, 6.07) is 8.05. The van der Waals surface area contributed by atoms with Gasteiger partial charge < -0.3 is 14.8 Å². The van der Waals surface area contributed by atoms with Crippen molar-refractivity contribution in [2.75, 3.05) is 19.0 Å². The Morgan fingerprint density at radius 1 is 1.21 bits per heavy atom. The summed E-state index contributed by atoms with van der Waals surface area (Å²) < 4.78 is 11.9. The lowest BCUT2D eigenvalue weighted by molar-refractivity contribution is 0.304. The topological polar surface area (TPSA) is 69.2 Å². The van der Waals surface area contributed by atoms with Crippen molar-refractivity contribution in [2.24, 2.45) is 0 Å². The van der Waals surface area contributed by atoms with Gasteiger partial charge in [-0.3, -0.25) is 0 Å². The molecule has 0 amide bonds. The molecule has 2 rings (SSSR count). The second-order valence-electron chi connectivity index (χ2n) is 3.47. The first-order chi connectivity index (χ1) is 9.21. The molecule has 0 atom stereocenters. The van der Waals surface area contributed by atoms with Gasteiger partial charge in [-0.2, -0.15) is 9.97 Å². The van der Waals surface area contributed by atoms with Crippen molar-refractivity contribution in [2.45, 2.75) is 6.92 Å². The second-order valence-corrected chi connectivity index (χ2v) is 4.71. The van der Waals surface area contributed by atoms with Crippen LogP contribution in [0.2, 0.25) is 0 Å². The van der Waals surface area contributed by atoms with Gasteiger partial charge in [0, 0.05) is 10.6 Å². The van der Waals surface area contributed by atoms with Gasteiger partial charge in [-0.15, -0.1) is 4.98 Å².